The van der Waals surface area contributed by atoms with Crippen LogP contribution in [0, 0.1) is 0 Å². The number of aromatic nitrogens is 2. The molecule has 2 rings (SSSR count). The number of hydrogen-bond acceptors (Lipinski definition) is 5. The van der Waals surface area contributed by atoms with Gasteiger partial charge in [0.25, 0.3) is 0 Å². The topological polar surface area (TPSA) is 68.5 Å². The van der Waals surface area contributed by atoms with Crippen molar-refractivity contribution in [2.45, 2.75) is 46.0 Å². The Morgan fingerprint density at radius 1 is 1.26 bits per heavy atom. The molecule has 9 heteroatoms. The predicted molar refractivity (Wildman–Crippen MR) is 91.5 cm³/mol. The lowest BCUT2D eigenvalue weighted by molar-refractivity contribution is -0.159. The fourth-order valence-corrected chi connectivity index (χ4v) is 2.39. The van der Waals surface area contributed by atoms with Gasteiger partial charge in [-0.15, -0.1) is 0 Å². The monoisotopic (exact) mass is 385 g/mol. The summed E-state index contributed by atoms with van der Waals surface area (Å²) in [5.74, 6) is -1.63. The number of benzene rings is 1. The van der Waals surface area contributed by atoms with E-state index in [1.54, 1.807) is 29.2 Å². The van der Waals surface area contributed by atoms with E-state index in [0.717, 1.165) is 12.0 Å². The number of hydrogen-bond donors (Lipinski definition) is 0. The van der Waals surface area contributed by atoms with Gasteiger partial charge in [-0.05, 0) is 25.8 Å². The third kappa shape index (κ3) is 5.53. The minimum Gasteiger partial charge on any atom is -0.372 e. The van der Waals surface area contributed by atoms with Crippen molar-refractivity contribution in [2.75, 3.05) is 13.2 Å². The van der Waals surface area contributed by atoms with E-state index in [1.807, 2.05) is 20.8 Å². The Morgan fingerprint density at radius 2 is 1.93 bits per heavy atom. The highest BCUT2D eigenvalue weighted by atomic mass is 19.4. The lowest BCUT2D eigenvalue weighted by atomic mass is 10.1. The zero-order chi connectivity index (χ0) is 20.0. The maximum absolute atomic E-state index is 12.6. The molecule has 0 aliphatic carbocycles. The van der Waals surface area contributed by atoms with Gasteiger partial charge in [0.2, 0.25) is 11.7 Å². The first kappa shape index (κ1) is 20.9. The fraction of sp³-hybridized carbons (Fsp3) is 0.500. The number of nitrogens with zero attached hydrogens (tertiary/aromatic N) is 3. The van der Waals surface area contributed by atoms with Crippen LogP contribution in [-0.2, 0) is 22.3 Å². The molecule has 0 saturated heterocycles. The molecule has 1 unspecified atom stereocenters. The van der Waals surface area contributed by atoms with E-state index in [-0.39, 0.29) is 24.4 Å². The standard InChI is InChI=1S/C18H22F3N3O3/c1-4-12(3)24(15(25)11-26-5-2)10-13-6-8-14(9-7-13)16-22-17(27-23-16)18(19,20)21/h6-9,12H,4-5,10-11H2,1-3H3. The highest BCUT2D eigenvalue weighted by Gasteiger charge is 2.38. The van der Waals surface area contributed by atoms with Crippen LogP contribution < -0.4 is 0 Å². The summed E-state index contributed by atoms with van der Waals surface area (Å²) in [6.45, 7) is 6.61. The van der Waals surface area contributed by atoms with Crippen LogP contribution >= 0.6 is 0 Å². The molecule has 1 aromatic heterocycles. The van der Waals surface area contributed by atoms with Crippen LogP contribution in [0.2, 0.25) is 0 Å². The number of carbonyl (C=O) groups is 1. The van der Waals surface area contributed by atoms with E-state index in [4.69, 9.17) is 4.74 Å². The van der Waals surface area contributed by atoms with E-state index in [1.165, 1.54) is 0 Å². The number of carbonyl (C=O) groups excluding carboxylic acids is 1. The van der Waals surface area contributed by atoms with Crippen LogP contribution in [0.4, 0.5) is 13.2 Å². The number of alkyl halides is 3. The second-order valence-corrected chi connectivity index (χ2v) is 6.03. The molecule has 1 amide bonds. The summed E-state index contributed by atoms with van der Waals surface area (Å²) in [6.07, 6.45) is -3.89. The first-order valence-electron chi connectivity index (χ1n) is 8.63. The molecule has 2 aromatic rings. The zero-order valence-corrected chi connectivity index (χ0v) is 15.4. The molecule has 0 N–H and O–H groups in total. The minimum absolute atomic E-state index is 0.0159. The molecule has 0 bridgehead atoms. The summed E-state index contributed by atoms with van der Waals surface area (Å²) >= 11 is 0. The van der Waals surface area contributed by atoms with Crippen molar-refractivity contribution in [1.29, 1.82) is 0 Å². The highest BCUT2D eigenvalue weighted by molar-refractivity contribution is 5.77. The summed E-state index contributed by atoms with van der Waals surface area (Å²) in [5.41, 5.74) is 1.23. The summed E-state index contributed by atoms with van der Waals surface area (Å²) < 4.78 is 47.1. The molecule has 0 radical (unpaired) electrons. The van der Waals surface area contributed by atoms with Crippen LogP contribution in [0.25, 0.3) is 11.4 Å². The van der Waals surface area contributed by atoms with Crippen LogP contribution in [-0.4, -0.2) is 40.2 Å². The largest absolute Gasteiger partial charge is 0.471 e. The Bertz CT molecular complexity index is 744. The molecule has 6 nitrogen and oxygen atoms in total. The van der Waals surface area contributed by atoms with E-state index < -0.39 is 12.1 Å². The smallest absolute Gasteiger partial charge is 0.372 e. The molecular formula is C18H22F3N3O3. The first-order valence-corrected chi connectivity index (χ1v) is 8.63. The lowest BCUT2D eigenvalue weighted by Crippen LogP contribution is -2.40. The zero-order valence-electron chi connectivity index (χ0n) is 15.4. The second kappa shape index (κ2) is 8.98. The summed E-state index contributed by atoms with van der Waals surface area (Å²) in [4.78, 5) is 17.4. The molecule has 0 aliphatic heterocycles. The van der Waals surface area contributed by atoms with Crippen LogP contribution in [0.1, 0.15) is 38.6 Å². The van der Waals surface area contributed by atoms with Crippen LogP contribution in [0.15, 0.2) is 28.8 Å². The van der Waals surface area contributed by atoms with Gasteiger partial charge in [-0.25, -0.2) is 0 Å². The maximum atomic E-state index is 12.6. The molecule has 1 atom stereocenters. The molecule has 27 heavy (non-hydrogen) atoms. The molecular weight excluding hydrogens is 363 g/mol. The van der Waals surface area contributed by atoms with Gasteiger partial charge < -0.3 is 14.2 Å². The summed E-state index contributed by atoms with van der Waals surface area (Å²) in [5, 5.41) is 3.36. The average molecular weight is 385 g/mol. The van der Waals surface area contributed by atoms with Gasteiger partial charge >= 0.3 is 12.1 Å². The van der Waals surface area contributed by atoms with Crippen molar-refractivity contribution in [1.82, 2.24) is 15.0 Å². The van der Waals surface area contributed by atoms with E-state index >= 15 is 0 Å². The van der Waals surface area contributed by atoms with Gasteiger partial charge in [-0.2, -0.15) is 18.2 Å². The van der Waals surface area contributed by atoms with Gasteiger partial charge in [0, 0.05) is 24.8 Å². The van der Waals surface area contributed by atoms with E-state index in [9.17, 15) is 18.0 Å². The quantitative estimate of drug-likeness (QED) is 0.689. The third-order valence-electron chi connectivity index (χ3n) is 4.11. The Labute approximate surface area is 155 Å². The average Bonchev–Trinajstić information content (AvgIpc) is 3.14. The molecule has 0 fully saturated rings. The Kier molecular flexibility index (Phi) is 6.95. The number of amides is 1. The van der Waals surface area contributed by atoms with Gasteiger partial charge in [0.1, 0.15) is 6.61 Å². The fourth-order valence-electron chi connectivity index (χ4n) is 2.39. The normalized spacial score (nSPS) is 12.8. The molecule has 0 saturated carbocycles. The van der Waals surface area contributed by atoms with E-state index in [0.29, 0.717) is 18.7 Å². The number of halogens is 3. The van der Waals surface area contributed by atoms with Crippen molar-refractivity contribution in [3.8, 4) is 11.4 Å². The van der Waals surface area contributed by atoms with Crippen LogP contribution in [0.5, 0.6) is 0 Å². The maximum Gasteiger partial charge on any atom is 0.471 e. The van der Waals surface area contributed by atoms with Gasteiger partial charge in [-0.3, -0.25) is 4.79 Å². The van der Waals surface area contributed by atoms with Crippen molar-refractivity contribution in [3.05, 3.63) is 35.7 Å². The second-order valence-electron chi connectivity index (χ2n) is 6.03. The van der Waals surface area contributed by atoms with Gasteiger partial charge in [-0.1, -0.05) is 36.3 Å². The van der Waals surface area contributed by atoms with Crippen molar-refractivity contribution in [2.24, 2.45) is 0 Å². The van der Waals surface area contributed by atoms with Crippen molar-refractivity contribution >= 4 is 5.91 Å². The van der Waals surface area contributed by atoms with Gasteiger partial charge in [0.05, 0.1) is 0 Å². The Balaban J connectivity index is 2.13. The first-order chi connectivity index (χ1) is 12.8. The van der Waals surface area contributed by atoms with Crippen LogP contribution in [0.3, 0.4) is 0 Å². The Hall–Kier alpha value is -2.42. The summed E-state index contributed by atoms with van der Waals surface area (Å²) in [6, 6.07) is 6.68. The molecule has 0 spiro atoms. The van der Waals surface area contributed by atoms with E-state index in [2.05, 4.69) is 14.7 Å². The van der Waals surface area contributed by atoms with Crippen molar-refractivity contribution < 1.29 is 27.2 Å². The molecule has 1 aromatic carbocycles. The number of ether oxygens (including phenoxy) is 1. The minimum atomic E-state index is -4.68. The molecule has 1 heterocycles. The predicted octanol–water partition coefficient (Wildman–Crippen LogP) is 3.92. The van der Waals surface area contributed by atoms with Gasteiger partial charge in [0.15, 0.2) is 0 Å². The van der Waals surface area contributed by atoms with Crippen molar-refractivity contribution in [3.63, 3.8) is 0 Å². The molecule has 148 valence electrons. The Morgan fingerprint density at radius 3 is 2.44 bits per heavy atom. The molecule has 0 aliphatic rings. The lowest BCUT2D eigenvalue weighted by Gasteiger charge is -2.28. The number of rotatable bonds is 8. The SMILES string of the molecule is CCOCC(=O)N(Cc1ccc(-c2noc(C(F)(F)F)n2)cc1)C(C)CC. The summed E-state index contributed by atoms with van der Waals surface area (Å²) in [7, 11) is 0. The third-order valence-corrected chi connectivity index (χ3v) is 4.11. The highest BCUT2D eigenvalue weighted by Crippen LogP contribution is 2.29.